The van der Waals surface area contributed by atoms with Crippen LogP contribution in [0.1, 0.15) is 18.5 Å². The lowest BCUT2D eigenvalue weighted by atomic mass is 10.1. The van der Waals surface area contributed by atoms with Gasteiger partial charge in [-0.1, -0.05) is 18.2 Å². The molecule has 3 nitrogen and oxygen atoms in total. The minimum atomic E-state index is 0.376. The number of carbonyl (C=O) groups excluding carboxylic acids is 1. The van der Waals surface area contributed by atoms with Crippen molar-refractivity contribution in [1.82, 2.24) is 4.98 Å². The number of rotatable bonds is 1. The van der Waals surface area contributed by atoms with Crippen molar-refractivity contribution in [2.45, 2.75) is 19.8 Å². The van der Waals surface area contributed by atoms with Crippen molar-refractivity contribution in [2.24, 2.45) is 0 Å². The summed E-state index contributed by atoms with van der Waals surface area (Å²) in [5, 5.41) is 1.18. The van der Waals surface area contributed by atoms with Crippen LogP contribution in [-0.4, -0.2) is 23.9 Å². The van der Waals surface area contributed by atoms with Crippen molar-refractivity contribution >= 4 is 22.4 Å². The van der Waals surface area contributed by atoms with E-state index in [1.54, 1.807) is 0 Å². The van der Waals surface area contributed by atoms with Gasteiger partial charge in [-0.3, -0.25) is 9.78 Å². The summed E-state index contributed by atoms with van der Waals surface area (Å²) in [4.78, 5) is 18.2. The van der Waals surface area contributed by atoms with Gasteiger partial charge in [0.2, 0.25) is 0 Å². The maximum atomic E-state index is 11.3. The van der Waals surface area contributed by atoms with E-state index in [1.165, 1.54) is 11.1 Å². The second-order valence-electron chi connectivity index (χ2n) is 4.83. The first-order valence-corrected chi connectivity index (χ1v) is 6.37. The molecule has 18 heavy (non-hydrogen) atoms. The summed E-state index contributed by atoms with van der Waals surface area (Å²) in [6.45, 7) is 3.67. The standard InChI is InChI=1S/C15H16N2O/c1-11-10-15(17-8-6-12(18)7-9-17)13-4-2-3-5-14(13)16-11/h2-5,10H,6-9H2,1H3. The Balaban J connectivity index is 2.07. The first-order valence-electron chi connectivity index (χ1n) is 6.37. The highest BCUT2D eigenvalue weighted by Crippen LogP contribution is 2.28. The molecule has 0 saturated carbocycles. The van der Waals surface area contributed by atoms with Crippen molar-refractivity contribution in [1.29, 1.82) is 0 Å². The summed E-state index contributed by atoms with van der Waals surface area (Å²) in [7, 11) is 0. The number of aryl methyl sites for hydroxylation is 1. The van der Waals surface area contributed by atoms with Crippen LogP contribution in [0, 0.1) is 6.92 Å². The van der Waals surface area contributed by atoms with E-state index in [1.807, 2.05) is 25.1 Å². The number of fused-ring (bicyclic) bond motifs is 1. The summed E-state index contributed by atoms with van der Waals surface area (Å²) in [5.41, 5.74) is 3.27. The number of hydrogen-bond acceptors (Lipinski definition) is 3. The number of para-hydroxylation sites is 1. The van der Waals surface area contributed by atoms with Crippen molar-refractivity contribution < 1.29 is 4.79 Å². The molecular formula is C15H16N2O. The lowest BCUT2D eigenvalue weighted by molar-refractivity contribution is -0.119. The maximum absolute atomic E-state index is 11.3. The van der Waals surface area contributed by atoms with E-state index in [0.717, 1.165) is 24.3 Å². The molecule has 0 radical (unpaired) electrons. The molecule has 1 aliphatic rings. The number of ketones is 1. The molecule has 0 aliphatic carbocycles. The van der Waals surface area contributed by atoms with Gasteiger partial charge in [-0.15, -0.1) is 0 Å². The summed E-state index contributed by atoms with van der Waals surface area (Å²) in [5.74, 6) is 0.376. The van der Waals surface area contributed by atoms with Crippen molar-refractivity contribution in [3.63, 3.8) is 0 Å². The van der Waals surface area contributed by atoms with Crippen LogP contribution < -0.4 is 4.90 Å². The molecule has 0 N–H and O–H groups in total. The highest BCUT2D eigenvalue weighted by molar-refractivity contribution is 5.93. The summed E-state index contributed by atoms with van der Waals surface area (Å²) in [6.07, 6.45) is 1.32. The largest absolute Gasteiger partial charge is 0.370 e. The van der Waals surface area contributed by atoms with Gasteiger partial charge in [-0.05, 0) is 19.1 Å². The summed E-state index contributed by atoms with van der Waals surface area (Å²) >= 11 is 0. The topological polar surface area (TPSA) is 33.2 Å². The second-order valence-corrected chi connectivity index (χ2v) is 4.83. The molecule has 1 aliphatic heterocycles. The molecule has 1 aromatic carbocycles. The van der Waals surface area contributed by atoms with Crippen LogP contribution in [0.2, 0.25) is 0 Å². The van der Waals surface area contributed by atoms with Crippen LogP contribution in [0.3, 0.4) is 0 Å². The minimum Gasteiger partial charge on any atom is -0.370 e. The lowest BCUT2D eigenvalue weighted by Crippen LogP contribution is -2.33. The fourth-order valence-corrected chi connectivity index (χ4v) is 2.54. The zero-order valence-electron chi connectivity index (χ0n) is 10.5. The summed E-state index contributed by atoms with van der Waals surface area (Å²) < 4.78 is 0. The quantitative estimate of drug-likeness (QED) is 0.768. The number of piperidine rings is 1. The number of carbonyl (C=O) groups is 1. The summed E-state index contributed by atoms with van der Waals surface area (Å²) in [6, 6.07) is 10.3. The number of anilines is 1. The molecule has 2 heterocycles. The molecule has 1 saturated heterocycles. The molecule has 3 heteroatoms. The van der Waals surface area contributed by atoms with Gasteiger partial charge in [0.1, 0.15) is 5.78 Å². The van der Waals surface area contributed by atoms with Gasteiger partial charge >= 0.3 is 0 Å². The zero-order valence-corrected chi connectivity index (χ0v) is 10.5. The average molecular weight is 240 g/mol. The van der Waals surface area contributed by atoms with Gasteiger partial charge in [0.15, 0.2) is 0 Å². The monoisotopic (exact) mass is 240 g/mol. The molecule has 0 atom stereocenters. The van der Waals surface area contributed by atoms with E-state index in [9.17, 15) is 4.79 Å². The number of hydrogen-bond donors (Lipinski definition) is 0. The van der Waals surface area contributed by atoms with E-state index in [0.29, 0.717) is 18.6 Å². The first kappa shape index (κ1) is 11.2. The molecular weight excluding hydrogens is 224 g/mol. The Labute approximate surface area is 106 Å². The molecule has 2 aromatic rings. The van der Waals surface area contributed by atoms with Crippen LogP contribution >= 0.6 is 0 Å². The molecule has 1 aromatic heterocycles. The average Bonchev–Trinajstić information content (AvgIpc) is 2.38. The van der Waals surface area contributed by atoms with E-state index in [2.05, 4.69) is 22.0 Å². The normalized spacial score (nSPS) is 16.3. The van der Waals surface area contributed by atoms with Crippen molar-refractivity contribution in [3.8, 4) is 0 Å². The van der Waals surface area contributed by atoms with E-state index < -0.39 is 0 Å². The molecule has 92 valence electrons. The number of Topliss-reactive ketones (excluding diaryl/α,β-unsaturated/α-hetero) is 1. The van der Waals surface area contributed by atoms with E-state index >= 15 is 0 Å². The molecule has 0 unspecified atom stereocenters. The molecule has 3 rings (SSSR count). The minimum absolute atomic E-state index is 0.376. The smallest absolute Gasteiger partial charge is 0.136 e. The van der Waals surface area contributed by atoms with Gasteiger partial charge in [0, 0.05) is 42.7 Å². The molecule has 0 bridgehead atoms. The SMILES string of the molecule is Cc1cc(N2CCC(=O)CC2)c2ccccc2n1. The lowest BCUT2D eigenvalue weighted by Gasteiger charge is -2.29. The van der Waals surface area contributed by atoms with Gasteiger partial charge in [-0.2, -0.15) is 0 Å². The van der Waals surface area contributed by atoms with Gasteiger partial charge in [-0.25, -0.2) is 0 Å². The third kappa shape index (κ3) is 1.96. The Morgan fingerprint density at radius 3 is 2.67 bits per heavy atom. The number of nitrogens with zero attached hydrogens (tertiary/aromatic N) is 2. The fourth-order valence-electron chi connectivity index (χ4n) is 2.54. The van der Waals surface area contributed by atoms with E-state index in [-0.39, 0.29) is 0 Å². The highest BCUT2D eigenvalue weighted by atomic mass is 16.1. The van der Waals surface area contributed by atoms with Gasteiger partial charge in [0.25, 0.3) is 0 Å². The zero-order chi connectivity index (χ0) is 12.5. The van der Waals surface area contributed by atoms with Crippen molar-refractivity contribution in [3.05, 3.63) is 36.0 Å². The number of aromatic nitrogens is 1. The molecule has 1 fully saturated rings. The van der Waals surface area contributed by atoms with Crippen molar-refractivity contribution in [2.75, 3.05) is 18.0 Å². The van der Waals surface area contributed by atoms with E-state index in [4.69, 9.17) is 0 Å². The highest BCUT2D eigenvalue weighted by Gasteiger charge is 2.18. The molecule has 0 spiro atoms. The third-order valence-corrected chi connectivity index (χ3v) is 3.48. The Morgan fingerprint density at radius 1 is 1.17 bits per heavy atom. The predicted molar refractivity (Wildman–Crippen MR) is 72.9 cm³/mol. The maximum Gasteiger partial charge on any atom is 0.136 e. The Kier molecular flexibility index (Phi) is 2.74. The third-order valence-electron chi connectivity index (χ3n) is 3.48. The van der Waals surface area contributed by atoms with Gasteiger partial charge in [0.05, 0.1) is 5.52 Å². The van der Waals surface area contributed by atoms with Crippen LogP contribution in [0.15, 0.2) is 30.3 Å². The Morgan fingerprint density at radius 2 is 1.89 bits per heavy atom. The first-order chi connectivity index (χ1) is 8.74. The van der Waals surface area contributed by atoms with Crippen LogP contribution in [0.4, 0.5) is 5.69 Å². The number of pyridine rings is 1. The second kappa shape index (κ2) is 4.41. The number of benzene rings is 1. The Hall–Kier alpha value is -1.90. The van der Waals surface area contributed by atoms with Crippen LogP contribution in [0.5, 0.6) is 0 Å². The van der Waals surface area contributed by atoms with Crippen LogP contribution in [0.25, 0.3) is 10.9 Å². The van der Waals surface area contributed by atoms with Crippen LogP contribution in [-0.2, 0) is 4.79 Å². The Bertz CT molecular complexity index is 596. The fraction of sp³-hybridized carbons (Fsp3) is 0.333. The molecule has 0 amide bonds. The predicted octanol–water partition coefficient (Wildman–Crippen LogP) is 2.71. The van der Waals surface area contributed by atoms with Gasteiger partial charge < -0.3 is 4.90 Å².